The average molecular weight is 419 g/mol. The number of benzene rings is 2. The molecule has 1 heterocycles. The van der Waals surface area contributed by atoms with Crippen molar-refractivity contribution in [1.82, 2.24) is 5.01 Å². The Morgan fingerprint density at radius 2 is 2.00 bits per heavy atom. The summed E-state index contributed by atoms with van der Waals surface area (Å²) < 4.78 is 33.5. The van der Waals surface area contributed by atoms with Crippen LogP contribution in [0.15, 0.2) is 53.6 Å². The Bertz CT molecular complexity index is 910. The molecule has 0 saturated heterocycles. The lowest BCUT2D eigenvalue weighted by Gasteiger charge is -2.36. The van der Waals surface area contributed by atoms with Crippen LogP contribution in [0.2, 0.25) is 0 Å². The van der Waals surface area contributed by atoms with E-state index in [2.05, 4.69) is 5.10 Å². The van der Waals surface area contributed by atoms with Crippen LogP contribution in [0.4, 0.5) is 8.78 Å². The van der Waals surface area contributed by atoms with Crippen LogP contribution in [0.1, 0.15) is 30.9 Å². The fourth-order valence-corrected chi connectivity index (χ4v) is 4.61. The van der Waals surface area contributed by atoms with E-state index < -0.39 is 22.6 Å². The van der Waals surface area contributed by atoms with Crippen molar-refractivity contribution in [1.29, 1.82) is 0 Å². The molecule has 0 spiro atoms. The van der Waals surface area contributed by atoms with Gasteiger partial charge in [-0.2, -0.15) is 5.10 Å². The third-order valence-corrected chi connectivity index (χ3v) is 6.26. The standard InChI is InChI=1S/C21H23F2N3O2S/c1-14(28-2)20(27)26-21(11-6-12-24,15-7-4-3-5-8-15)29-19(25-26)17-13-16(22)9-10-18(17)23/h3-5,7-10,13-14H,6,11-12,24H2,1-2H3. The molecule has 2 aromatic rings. The first kappa shape index (κ1) is 21.4. The van der Waals surface area contributed by atoms with Gasteiger partial charge >= 0.3 is 0 Å². The van der Waals surface area contributed by atoms with E-state index >= 15 is 0 Å². The van der Waals surface area contributed by atoms with Gasteiger partial charge in [0.25, 0.3) is 5.91 Å². The minimum atomic E-state index is -0.932. The van der Waals surface area contributed by atoms with Crippen LogP contribution in [-0.4, -0.2) is 35.7 Å². The molecule has 2 N–H and O–H groups in total. The van der Waals surface area contributed by atoms with Crippen LogP contribution < -0.4 is 5.73 Å². The molecule has 5 nitrogen and oxygen atoms in total. The fourth-order valence-electron chi connectivity index (χ4n) is 3.19. The van der Waals surface area contributed by atoms with Crippen LogP contribution in [0, 0.1) is 11.6 Å². The zero-order valence-corrected chi connectivity index (χ0v) is 17.1. The average Bonchev–Trinajstić information content (AvgIpc) is 3.14. The van der Waals surface area contributed by atoms with E-state index in [1.54, 1.807) is 6.92 Å². The lowest BCUT2D eigenvalue weighted by molar-refractivity contribution is -0.144. The van der Waals surface area contributed by atoms with E-state index in [1.165, 1.54) is 23.9 Å². The molecule has 2 unspecified atom stereocenters. The highest BCUT2D eigenvalue weighted by atomic mass is 32.2. The van der Waals surface area contributed by atoms with Gasteiger partial charge in [-0.15, -0.1) is 0 Å². The van der Waals surface area contributed by atoms with Crippen molar-refractivity contribution in [3.05, 3.63) is 71.3 Å². The van der Waals surface area contributed by atoms with E-state index in [4.69, 9.17) is 10.5 Å². The summed E-state index contributed by atoms with van der Waals surface area (Å²) in [6.45, 7) is 2.04. The molecule has 0 saturated carbocycles. The quantitative estimate of drug-likeness (QED) is 0.741. The molecule has 154 valence electrons. The number of nitrogens with two attached hydrogens (primary N) is 1. The molecule has 0 aromatic heterocycles. The summed E-state index contributed by atoms with van der Waals surface area (Å²) in [6, 6.07) is 12.6. The number of amides is 1. The third-order valence-electron chi connectivity index (χ3n) is 4.81. The minimum absolute atomic E-state index is 0.0171. The van der Waals surface area contributed by atoms with Gasteiger partial charge in [-0.3, -0.25) is 4.79 Å². The Morgan fingerprint density at radius 3 is 2.66 bits per heavy atom. The van der Waals surface area contributed by atoms with Gasteiger partial charge in [0.1, 0.15) is 27.7 Å². The lowest BCUT2D eigenvalue weighted by atomic mass is 10.00. The molecule has 1 aliphatic rings. The molecule has 2 aromatic carbocycles. The number of rotatable bonds is 7. The van der Waals surface area contributed by atoms with Gasteiger partial charge in [-0.25, -0.2) is 13.8 Å². The highest BCUT2D eigenvalue weighted by molar-refractivity contribution is 8.15. The Kier molecular flexibility index (Phi) is 6.66. The van der Waals surface area contributed by atoms with Gasteiger partial charge in [0.15, 0.2) is 0 Å². The van der Waals surface area contributed by atoms with E-state index in [-0.39, 0.29) is 16.5 Å². The molecule has 0 bridgehead atoms. The maximum Gasteiger partial charge on any atom is 0.273 e. The first-order chi connectivity index (χ1) is 13.9. The molecular formula is C21H23F2N3O2S. The second kappa shape index (κ2) is 9.02. The number of hydrogen-bond acceptors (Lipinski definition) is 5. The smallest absolute Gasteiger partial charge is 0.273 e. The minimum Gasteiger partial charge on any atom is -0.372 e. The summed E-state index contributed by atoms with van der Waals surface area (Å²) in [5.41, 5.74) is 6.60. The zero-order valence-electron chi connectivity index (χ0n) is 16.3. The molecule has 0 aliphatic carbocycles. The molecular weight excluding hydrogens is 396 g/mol. The Hall–Kier alpha value is -2.29. The maximum atomic E-state index is 14.5. The summed E-state index contributed by atoms with van der Waals surface area (Å²) in [5, 5.41) is 6.03. The van der Waals surface area contributed by atoms with Gasteiger partial charge in [-0.05, 0) is 50.1 Å². The normalized spacial score (nSPS) is 19.9. The van der Waals surface area contributed by atoms with Gasteiger partial charge in [0, 0.05) is 12.7 Å². The summed E-state index contributed by atoms with van der Waals surface area (Å²) in [4.78, 5) is 12.2. The van der Waals surface area contributed by atoms with Crippen molar-refractivity contribution in [2.75, 3.05) is 13.7 Å². The summed E-state index contributed by atoms with van der Waals surface area (Å²) in [6.07, 6.45) is 0.350. The monoisotopic (exact) mass is 419 g/mol. The predicted octanol–water partition coefficient (Wildman–Crippen LogP) is 3.83. The Labute approximate surface area is 172 Å². The predicted molar refractivity (Wildman–Crippen MR) is 110 cm³/mol. The number of hydrogen-bond donors (Lipinski definition) is 1. The van der Waals surface area contributed by atoms with Crippen LogP contribution in [0.5, 0.6) is 0 Å². The van der Waals surface area contributed by atoms with Crippen LogP contribution in [0.3, 0.4) is 0 Å². The topological polar surface area (TPSA) is 67.9 Å². The van der Waals surface area contributed by atoms with Crippen molar-refractivity contribution >= 4 is 22.7 Å². The molecule has 0 radical (unpaired) electrons. The van der Waals surface area contributed by atoms with Crippen molar-refractivity contribution in [3.8, 4) is 0 Å². The van der Waals surface area contributed by atoms with Gasteiger partial charge in [0.05, 0.1) is 0 Å². The highest BCUT2D eigenvalue weighted by Gasteiger charge is 2.49. The van der Waals surface area contributed by atoms with Crippen LogP contribution >= 0.6 is 11.8 Å². The zero-order chi connectivity index (χ0) is 21.0. The lowest BCUT2D eigenvalue weighted by Crippen LogP contribution is -2.46. The molecule has 2 atom stereocenters. The SMILES string of the molecule is COC(C)C(=O)N1N=C(c2cc(F)ccc2F)SC1(CCCN)c1ccccc1. The number of methoxy groups -OCH3 is 1. The number of halogens is 2. The second-order valence-corrected chi connectivity index (χ2v) is 7.97. The Morgan fingerprint density at radius 1 is 1.28 bits per heavy atom. The van der Waals surface area contributed by atoms with E-state index in [0.717, 1.165) is 23.8 Å². The van der Waals surface area contributed by atoms with E-state index in [9.17, 15) is 13.6 Å². The molecule has 1 amide bonds. The van der Waals surface area contributed by atoms with E-state index in [1.807, 2.05) is 30.3 Å². The fraction of sp³-hybridized carbons (Fsp3) is 0.333. The summed E-state index contributed by atoms with van der Waals surface area (Å²) in [7, 11) is 1.44. The molecule has 29 heavy (non-hydrogen) atoms. The number of thioether (sulfide) groups is 1. The van der Waals surface area contributed by atoms with Gasteiger partial charge < -0.3 is 10.5 Å². The number of carbonyl (C=O) groups is 1. The largest absolute Gasteiger partial charge is 0.372 e. The number of ether oxygens (including phenoxy) is 1. The van der Waals surface area contributed by atoms with Crippen LogP contribution in [0.25, 0.3) is 0 Å². The van der Waals surface area contributed by atoms with Crippen LogP contribution in [-0.2, 0) is 14.4 Å². The van der Waals surface area contributed by atoms with Crippen molar-refractivity contribution in [3.63, 3.8) is 0 Å². The first-order valence-corrected chi connectivity index (χ1v) is 10.1. The molecule has 1 aliphatic heterocycles. The molecule has 3 rings (SSSR count). The third kappa shape index (κ3) is 4.19. The number of nitrogens with zero attached hydrogens (tertiary/aromatic N) is 2. The van der Waals surface area contributed by atoms with E-state index in [0.29, 0.717) is 19.4 Å². The molecule has 0 fully saturated rings. The van der Waals surface area contributed by atoms with Crippen molar-refractivity contribution < 1.29 is 18.3 Å². The second-order valence-electron chi connectivity index (χ2n) is 6.70. The molecule has 8 heteroatoms. The highest BCUT2D eigenvalue weighted by Crippen LogP contribution is 2.50. The number of hydrazone groups is 1. The summed E-state index contributed by atoms with van der Waals surface area (Å²) in [5.74, 6) is -1.55. The number of carbonyl (C=O) groups excluding carboxylic acids is 1. The summed E-state index contributed by atoms with van der Waals surface area (Å²) >= 11 is 1.23. The van der Waals surface area contributed by atoms with Gasteiger partial charge in [-0.1, -0.05) is 42.1 Å². The van der Waals surface area contributed by atoms with Gasteiger partial charge in [0.2, 0.25) is 0 Å². The first-order valence-electron chi connectivity index (χ1n) is 9.28. The Balaban J connectivity index is 2.15. The van der Waals surface area contributed by atoms with Crippen molar-refractivity contribution in [2.45, 2.75) is 30.7 Å². The maximum absolute atomic E-state index is 14.5. The van der Waals surface area contributed by atoms with Crippen molar-refractivity contribution in [2.24, 2.45) is 10.8 Å².